The number of H-pyrrole nitrogens is 2. The standard InChI is InChI=1S/C17H17N3O/c21-17-12-16(19-20-17)14-6-8-15(9-7-14)18-11-10-13-4-2-1-3-5-13/h1-9,12,18H,10-11H2,(H2,19,20,21). The highest BCUT2D eigenvalue weighted by molar-refractivity contribution is 5.62. The first-order chi connectivity index (χ1) is 10.3. The van der Waals surface area contributed by atoms with Gasteiger partial charge in [-0.05, 0) is 29.7 Å². The smallest absolute Gasteiger partial charge is 0.264 e. The molecule has 0 amide bonds. The van der Waals surface area contributed by atoms with E-state index in [1.165, 1.54) is 5.56 Å². The number of aromatic amines is 2. The molecule has 1 heterocycles. The fourth-order valence-electron chi connectivity index (χ4n) is 2.25. The van der Waals surface area contributed by atoms with Crippen LogP contribution in [0, 0.1) is 0 Å². The highest BCUT2D eigenvalue weighted by atomic mass is 16.1. The van der Waals surface area contributed by atoms with Crippen molar-refractivity contribution >= 4 is 5.69 Å². The van der Waals surface area contributed by atoms with Gasteiger partial charge in [0.1, 0.15) is 0 Å². The summed E-state index contributed by atoms with van der Waals surface area (Å²) in [4.78, 5) is 11.1. The van der Waals surface area contributed by atoms with Crippen molar-refractivity contribution in [3.63, 3.8) is 0 Å². The van der Waals surface area contributed by atoms with Crippen LogP contribution in [0.15, 0.2) is 65.5 Å². The first-order valence-corrected chi connectivity index (χ1v) is 6.97. The largest absolute Gasteiger partial charge is 0.385 e. The second-order valence-electron chi connectivity index (χ2n) is 4.91. The van der Waals surface area contributed by atoms with Gasteiger partial charge < -0.3 is 5.32 Å². The minimum absolute atomic E-state index is 0.116. The van der Waals surface area contributed by atoms with Gasteiger partial charge in [-0.15, -0.1) is 0 Å². The first kappa shape index (κ1) is 13.2. The fraction of sp³-hybridized carbons (Fsp3) is 0.118. The summed E-state index contributed by atoms with van der Waals surface area (Å²) in [6, 6.07) is 20.0. The number of aromatic nitrogens is 2. The van der Waals surface area contributed by atoms with Crippen LogP contribution in [0.25, 0.3) is 11.3 Å². The van der Waals surface area contributed by atoms with Gasteiger partial charge in [0.2, 0.25) is 0 Å². The Bertz CT molecular complexity index is 741. The summed E-state index contributed by atoms with van der Waals surface area (Å²) in [7, 11) is 0. The Morgan fingerprint density at radius 2 is 1.67 bits per heavy atom. The van der Waals surface area contributed by atoms with Crippen LogP contribution in [0.5, 0.6) is 0 Å². The van der Waals surface area contributed by atoms with Crippen molar-refractivity contribution in [3.8, 4) is 11.3 Å². The van der Waals surface area contributed by atoms with E-state index < -0.39 is 0 Å². The maximum absolute atomic E-state index is 11.1. The Balaban J connectivity index is 1.58. The summed E-state index contributed by atoms with van der Waals surface area (Å²) >= 11 is 0. The monoisotopic (exact) mass is 279 g/mol. The molecule has 0 unspecified atom stereocenters. The molecule has 0 radical (unpaired) electrons. The van der Waals surface area contributed by atoms with Crippen LogP contribution < -0.4 is 10.9 Å². The lowest BCUT2D eigenvalue weighted by Crippen LogP contribution is -2.04. The lowest BCUT2D eigenvalue weighted by atomic mass is 10.1. The quantitative estimate of drug-likeness (QED) is 0.672. The molecule has 0 bridgehead atoms. The number of nitrogens with one attached hydrogen (secondary N) is 3. The zero-order chi connectivity index (χ0) is 14.5. The average molecular weight is 279 g/mol. The van der Waals surface area contributed by atoms with Crippen molar-refractivity contribution in [2.24, 2.45) is 0 Å². The van der Waals surface area contributed by atoms with E-state index in [0.717, 1.165) is 29.9 Å². The van der Waals surface area contributed by atoms with Gasteiger partial charge in [0.05, 0.1) is 5.69 Å². The molecule has 1 aromatic heterocycles. The Hall–Kier alpha value is -2.75. The van der Waals surface area contributed by atoms with Gasteiger partial charge >= 0.3 is 0 Å². The summed E-state index contributed by atoms with van der Waals surface area (Å²) in [5.41, 5.74) is 4.08. The van der Waals surface area contributed by atoms with E-state index in [2.05, 4.69) is 39.8 Å². The normalized spacial score (nSPS) is 10.5. The highest BCUT2D eigenvalue weighted by Gasteiger charge is 2.00. The molecule has 0 spiro atoms. The SMILES string of the molecule is O=c1cc(-c2ccc(NCCc3ccccc3)cc2)[nH][nH]1. The van der Waals surface area contributed by atoms with E-state index in [-0.39, 0.29) is 5.56 Å². The van der Waals surface area contributed by atoms with Crippen molar-refractivity contribution in [2.45, 2.75) is 6.42 Å². The zero-order valence-corrected chi connectivity index (χ0v) is 11.6. The van der Waals surface area contributed by atoms with Gasteiger partial charge in [0.15, 0.2) is 0 Å². The maximum atomic E-state index is 11.1. The van der Waals surface area contributed by atoms with Gasteiger partial charge in [-0.25, -0.2) is 0 Å². The number of hydrogen-bond donors (Lipinski definition) is 3. The molecule has 3 N–H and O–H groups in total. The van der Waals surface area contributed by atoms with Gasteiger partial charge in [0, 0.05) is 18.3 Å². The molecular weight excluding hydrogens is 262 g/mol. The fourth-order valence-corrected chi connectivity index (χ4v) is 2.25. The van der Waals surface area contributed by atoms with E-state index in [9.17, 15) is 4.79 Å². The number of anilines is 1. The minimum Gasteiger partial charge on any atom is -0.385 e. The molecule has 0 fully saturated rings. The Labute approximate surface area is 122 Å². The summed E-state index contributed by atoms with van der Waals surface area (Å²) in [5, 5.41) is 8.78. The molecule has 4 nitrogen and oxygen atoms in total. The van der Waals surface area contributed by atoms with Crippen LogP contribution in [-0.2, 0) is 6.42 Å². The molecule has 0 aliphatic rings. The summed E-state index contributed by atoms with van der Waals surface area (Å²) < 4.78 is 0. The zero-order valence-electron chi connectivity index (χ0n) is 11.6. The predicted molar refractivity (Wildman–Crippen MR) is 85.5 cm³/mol. The Morgan fingerprint density at radius 3 is 2.33 bits per heavy atom. The second-order valence-corrected chi connectivity index (χ2v) is 4.91. The van der Waals surface area contributed by atoms with E-state index in [1.54, 1.807) is 6.07 Å². The van der Waals surface area contributed by atoms with Crippen LogP contribution in [0.4, 0.5) is 5.69 Å². The summed E-state index contributed by atoms with van der Waals surface area (Å²) in [6.07, 6.45) is 0.994. The third-order valence-corrected chi connectivity index (χ3v) is 3.38. The first-order valence-electron chi connectivity index (χ1n) is 6.97. The third kappa shape index (κ3) is 3.42. The highest BCUT2D eigenvalue weighted by Crippen LogP contribution is 2.18. The molecular formula is C17H17N3O. The molecule has 0 aliphatic carbocycles. The number of benzene rings is 2. The number of rotatable bonds is 5. The van der Waals surface area contributed by atoms with E-state index >= 15 is 0 Å². The van der Waals surface area contributed by atoms with Crippen LogP contribution in [0.2, 0.25) is 0 Å². The Morgan fingerprint density at radius 1 is 0.905 bits per heavy atom. The van der Waals surface area contributed by atoms with Gasteiger partial charge in [0.25, 0.3) is 5.56 Å². The van der Waals surface area contributed by atoms with E-state index in [1.807, 2.05) is 30.3 Å². The molecule has 0 saturated heterocycles. The van der Waals surface area contributed by atoms with Crippen LogP contribution >= 0.6 is 0 Å². The predicted octanol–water partition coefficient (Wildman–Crippen LogP) is 3.02. The molecule has 0 atom stereocenters. The topological polar surface area (TPSA) is 60.7 Å². The maximum Gasteiger partial charge on any atom is 0.264 e. The lowest BCUT2D eigenvalue weighted by Gasteiger charge is -2.07. The van der Waals surface area contributed by atoms with Crippen molar-refractivity contribution in [2.75, 3.05) is 11.9 Å². The molecule has 2 aromatic carbocycles. The molecule has 106 valence electrons. The molecule has 3 rings (SSSR count). The minimum atomic E-state index is -0.116. The average Bonchev–Trinajstić information content (AvgIpc) is 2.96. The van der Waals surface area contributed by atoms with E-state index in [0.29, 0.717) is 0 Å². The van der Waals surface area contributed by atoms with Gasteiger partial charge in [-0.3, -0.25) is 15.0 Å². The van der Waals surface area contributed by atoms with Gasteiger partial charge in [-0.1, -0.05) is 42.5 Å². The molecule has 0 aliphatic heterocycles. The van der Waals surface area contributed by atoms with Crippen molar-refractivity contribution in [1.82, 2.24) is 10.2 Å². The van der Waals surface area contributed by atoms with Crippen molar-refractivity contribution in [1.29, 1.82) is 0 Å². The Kier molecular flexibility index (Phi) is 3.87. The molecule has 3 aromatic rings. The molecule has 0 saturated carbocycles. The third-order valence-electron chi connectivity index (χ3n) is 3.38. The van der Waals surface area contributed by atoms with Crippen LogP contribution in [0.1, 0.15) is 5.56 Å². The van der Waals surface area contributed by atoms with E-state index in [4.69, 9.17) is 0 Å². The molecule has 21 heavy (non-hydrogen) atoms. The lowest BCUT2D eigenvalue weighted by molar-refractivity contribution is 1.02. The summed E-state index contributed by atoms with van der Waals surface area (Å²) in [5.74, 6) is 0. The number of hydrogen-bond acceptors (Lipinski definition) is 2. The van der Waals surface area contributed by atoms with Crippen LogP contribution in [0.3, 0.4) is 0 Å². The summed E-state index contributed by atoms with van der Waals surface area (Å²) in [6.45, 7) is 0.893. The second kappa shape index (κ2) is 6.13. The van der Waals surface area contributed by atoms with Crippen LogP contribution in [-0.4, -0.2) is 16.7 Å². The molecule has 4 heteroatoms. The van der Waals surface area contributed by atoms with Crippen molar-refractivity contribution in [3.05, 3.63) is 76.6 Å². The van der Waals surface area contributed by atoms with Crippen molar-refractivity contribution < 1.29 is 0 Å². The van der Waals surface area contributed by atoms with Gasteiger partial charge in [-0.2, -0.15) is 0 Å².